The minimum atomic E-state index is -0.0277. The third-order valence-electron chi connectivity index (χ3n) is 4.57. The van der Waals surface area contributed by atoms with E-state index >= 15 is 0 Å². The van der Waals surface area contributed by atoms with E-state index in [1.165, 1.54) is 0 Å². The van der Waals surface area contributed by atoms with Crippen LogP contribution in [0.4, 0.5) is 0 Å². The van der Waals surface area contributed by atoms with Crippen LogP contribution in [0.1, 0.15) is 44.2 Å². The van der Waals surface area contributed by atoms with Crippen LogP contribution in [0.3, 0.4) is 0 Å². The van der Waals surface area contributed by atoms with E-state index in [-0.39, 0.29) is 17.9 Å². The first-order chi connectivity index (χ1) is 11.1. The highest BCUT2D eigenvalue weighted by molar-refractivity contribution is 5.79. The van der Waals surface area contributed by atoms with Crippen LogP contribution in [0.15, 0.2) is 18.3 Å². The number of imidazole rings is 1. The quantitative estimate of drug-likeness (QED) is 0.792. The summed E-state index contributed by atoms with van der Waals surface area (Å²) < 4.78 is 2.09. The van der Waals surface area contributed by atoms with Gasteiger partial charge in [0.1, 0.15) is 5.82 Å². The summed E-state index contributed by atoms with van der Waals surface area (Å²) in [7, 11) is 0. The summed E-state index contributed by atoms with van der Waals surface area (Å²) in [5, 5.41) is 0. The molecule has 0 bridgehead atoms. The van der Waals surface area contributed by atoms with E-state index in [1.54, 1.807) is 0 Å². The maximum Gasteiger partial charge on any atom is 0.229 e. The number of carbonyl (C=O) groups excluding carboxylic acids is 2. The largest absolute Gasteiger partial charge is 0.335 e. The van der Waals surface area contributed by atoms with Crippen molar-refractivity contribution in [3.05, 3.63) is 29.9 Å². The maximum absolute atomic E-state index is 12.2. The molecule has 2 aliphatic heterocycles. The molecule has 0 saturated heterocycles. The Hall–Kier alpha value is -2.11. The fourth-order valence-corrected chi connectivity index (χ4v) is 3.28. The maximum atomic E-state index is 12.2. The lowest BCUT2D eigenvalue weighted by Crippen LogP contribution is -2.40. The fourth-order valence-electron chi connectivity index (χ4n) is 3.28. The van der Waals surface area contributed by atoms with Gasteiger partial charge in [-0.25, -0.2) is 4.98 Å². The van der Waals surface area contributed by atoms with Gasteiger partial charge in [0.2, 0.25) is 11.8 Å². The Labute approximate surface area is 136 Å². The molecule has 124 valence electrons. The number of carbonyl (C=O) groups is 2. The number of hydrogen-bond donors (Lipinski definition) is 0. The summed E-state index contributed by atoms with van der Waals surface area (Å²) in [6.07, 6.45) is 7.76. The van der Waals surface area contributed by atoms with E-state index in [4.69, 9.17) is 0 Å². The van der Waals surface area contributed by atoms with Gasteiger partial charge in [0.15, 0.2) is 0 Å². The second-order valence-corrected chi connectivity index (χ2v) is 6.24. The lowest BCUT2D eigenvalue weighted by atomic mass is 10.2. The highest BCUT2D eigenvalue weighted by Gasteiger charge is 2.29. The van der Waals surface area contributed by atoms with Gasteiger partial charge >= 0.3 is 0 Å². The van der Waals surface area contributed by atoms with Crippen LogP contribution in [-0.4, -0.2) is 50.8 Å². The van der Waals surface area contributed by atoms with Crippen LogP contribution in [0.25, 0.3) is 0 Å². The molecule has 2 amide bonds. The summed E-state index contributed by atoms with van der Waals surface area (Å²) in [5.41, 5.74) is 0.800. The Morgan fingerprint density at radius 2 is 1.96 bits per heavy atom. The first kappa shape index (κ1) is 15.8. The number of nitrogens with zero attached hydrogens (tertiary/aromatic N) is 4. The Morgan fingerprint density at radius 1 is 1.22 bits per heavy atom. The molecular formula is C17H24N4O2. The van der Waals surface area contributed by atoms with Crippen LogP contribution in [0, 0.1) is 0 Å². The molecule has 1 aromatic rings. The molecule has 0 N–H and O–H groups in total. The Balaban J connectivity index is 1.70. The molecule has 0 unspecified atom stereocenters. The molecular weight excluding hydrogens is 292 g/mol. The van der Waals surface area contributed by atoms with Crippen LogP contribution >= 0.6 is 0 Å². The number of aromatic nitrogens is 2. The molecule has 6 heteroatoms. The summed E-state index contributed by atoms with van der Waals surface area (Å²) in [4.78, 5) is 32.8. The molecule has 0 radical (unpaired) electrons. The standard InChI is InChI=1S/C17H24N4O2/c1-3-6-15(22)21-10-9-20-12-14(18-17(20)13(21)2)11-16(23)19-7-4-5-8-19/h4-5,12-13H,3,6-11H2,1-2H3/t13-/m0/s1. The first-order valence-corrected chi connectivity index (χ1v) is 8.38. The van der Waals surface area contributed by atoms with Gasteiger partial charge in [0, 0.05) is 38.8 Å². The minimum Gasteiger partial charge on any atom is -0.335 e. The van der Waals surface area contributed by atoms with Crippen LogP contribution in [0.2, 0.25) is 0 Å². The van der Waals surface area contributed by atoms with Crippen LogP contribution in [-0.2, 0) is 22.6 Å². The van der Waals surface area contributed by atoms with E-state index in [9.17, 15) is 9.59 Å². The molecule has 3 rings (SSSR count). The summed E-state index contributed by atoms with van der Waals surface area (Å²) in [6, 6.07) is -0.0277. The third-order valence-corrected chi connectivity index (χ3v) is 4.57. The molecule has 0 saturated carbocycles. The zero-order valence-corrected chi connectivity index (χ0v) is 13.9. The molecule has 0 spiro atoms. The number of hydrogen-bond acceptors (Lipinski definition) is 3. The predicted octanol–water partition coefficient (Wildman–Crippen LogP) is 1.53. The Bertz CT molecular complexity index is 627. The monoisotopic (exact) mass is 316 g/mol. The van der Waals surface area contributed by atoms with Crippen molar-refractivity contribution in [2.24, 2.45) is 0 Å². The van der Waals surface area contributed by atoms with Gasteiger partial charge in [0.05, 0.1) is 18.2 Å². The van der Waals surface area contributed by atoms with Crippen LogP contribution < -0.4 is 0 Å². The van der Waals surface area contributed by atoms with E-state index in [2.05, 4.69) is 9.55 Å². The van der Waals surface area contributed by atoms with E-state index in [0.29, 0.717) is 32.5 Å². The molecule has 1 atom stereocenters. The van der Waals surface area contributed by atoms with Gasteiger partial charge in [-0.3, -0.25) is 9.59 Å². The Morgan fingerprint density at radius 3 is 2.65 bits per heavy atom. The van der Waals surface area contributed by atoms with E-state index in [1.807, 2.05) is 42.0 Å². The van der Waals surface area contributed by atoms with Crippen molar-refractivity contribution in [3.63, 3.8) is 0 Å². The zero-order valence-electron chi connectivity index (χ0n) is 13.9. The third kappa shape index (κ3) is 3.16. The van der Waals surface area contributed by atoms with Gasteiger partial charge in [0.25, 0.3) is 0 Å². The predicted molar refractivity (Wildman–Crippen MR) is 86.7 cm³/mol. The van der Waals surface area contributed by atoms with Crippen molar-refractivity contribution in [1.82, 2.24) is 19.4 Å². The van der Waals surface area contributed by atoms with Crippen molar-refractivity contribution in [3.8, 4) is 0 Å². The summed E-state index contributed by atoms with van der Waals surface area (Å²) in [6.45, 7) is 6.89. The summed E-state index contributed by atoms with van der Waals surface area (Å²) >= 11 is 0. The average Bonchev–Trinajstić information content (AvgIpc) is 3.16. The number of fused-ring (bicyclic) bond motifs is 1. The fraction of sp³-hybridized carbons (Fsp3) is 0.588. The van der Waals surface area contributed by atoms with Crippen LogP contribution in [0.5, 0.6) is 0 Å². The minimum absolute atomic E-state index is 0.0277. The van der Waals surface area contributed by atoms with Crippen molar-refractivity contribution >= 4 is 11.8 Å². The van der Waals surface area contributed by atoms with Gasteiger partial charge in [-0.15, -0.1) is 0 Å². The van der Waals surface area contributed by atoms with Crippen molar-refractivity contribution in [1.29, 1.82) is 0 Å². The molecule has 23 heavy (non-hydrogen) atoms. The zero-order chi connectivity index (χ0) is 16.4. The molecule has 3 heterocycles. The van der Waals surface area contributed by atoms with Crippen molar-refractivity contribution in [2.45, 2.75) is 45.7 Å². The lowest BCUT2D eigenvalue weighted by molar-refractivity contribution is -0.134. The van der Waals surface area contributed by atoms with Gasteiger partial charge in [-0.05, 0) is 13.3 Å². The molecule has 2 aliphatic rings. The second kappa shape index (κ2) is 6.56. The van der Waals surface area contributed by atoms with Gasteiger partial charge < -0.3 is 14.4 Å². The number of rotatable bonds is 4. The first-order valence-electron chi connectivity index (χ1n) is 8.38. The smallest absolute Gasteiger partial charge is 0.229 e. The normalized spacial score (nSPS) is 20.0. The van der Waals surface area contributed by atoms with Crippen molar-refractivity contribution < 1.29 is 9.59 Å². The topological polar surface area (TPSA) is 58.4 Å². The van der Waals surface area contributed by atoms with E-state index in [0.717, 1.165) is 24.5 Å². The lowest BCUT2D eigenvalue weighted by Gasteiger charge is -2.33. The SMILES string of the molecule is CCCC(=O)N1CCn2cc(CC(=O)N3CC=CC3)nc2[C@@H]1C. The molecule has 0 aliphatic carbocycles. The highest BCUT2D eigenvalue weighted by Crippen LogP contribution is 2.25. The molecule has 1 aromatic heterocycles. The molecule has 0 aromatic carbocycles. The van der Waals surface area contributed by atoms with Crippen molar-refractivity contribution in [2.75, 3.05) is 19.6 Å². The number of amides is 2. The van der Waals surface area contributed by atoms with Gasteiger partial charge in [-0.1, -0.05) is 19.1 Å². The van der Waals surface area contributed by atoms with E-state index < -0.39 is 0 Å². The molecule has 0 fully saturated rings. The average molecular weight is 316 g/mol. The van der Waals surface area contributed by atoms with Gasteiger partial charge in [-0.2, -0.15) is 0 Å². The summed E-state index contributed by atoms with van der Waals surface area (Å²) in [5.74, 6) is 1.19. The second-order valence-electron chi connectivity index (χ2n) is 6.24. The highest BCUT2D eigenvalue weighted by atomic mass is 16.2. The molecule has 6 nitrogen and oxygen atoms in total. The Kier molecular flexibility index (Phi) is 4.50.